The van der Waals surface area contributed by atoms with Crippen molar-refractivity contribution in [1.29, 1.82) is 5.26 Å². The number of nitrogens with zero attached hydrogens (tertiary/aromatic N) is 2. The lowest BCUT2D eigenvalue weighted by Crippen LogP contribution is -2.28. The van der Waals surface area contributed by atoms with Crippen molar-refractivity contribution in [2.75, 3.05) is 32.1 Å². The average molecular weight is 301 g/mol. The number of anilines is 1. The van der Waals surface area contributed by atoms with Gasteiger partial charge in [0.05, 0.1) is 0 Å². The number of benzene rings is 1. The standard InChI is InChI=1S/C16H19N3O3/c1-4-18-15(20)11-22-16(21)13(10-17)9-12-5-7-14(8-6-12)19(2)3/h5-9H,4,11H2,1-3H3,(H,18,20)/b13-9+. The molecule has 0 radical (unpaired) electrons. The maximum Gasteiger partial charge on any atom is 0.349 e. The van der Waals surface area contributed by atoms with Gasteiger partial charge >= 0.3 is 5.97 Å². The molecular weight excluding hydrogens is 282 g/mol. The van der Waals surface area contributed by atoms with Gasteiger partial charge in [0.2, 0.25) is 0 Å². The van der Waals surface area contributed by atoms with E-state index >= 15 is 0 Å². The lowest BCUT2D eigenvalue weighted by molar-refractivity contribution is -0.144. The molecule has 0 saturated carbocycles. The third-order valence-electron chi connectivity index (χ3n) is 2.77. The zero-order valence-corrected chi connectivity index (χ0v) is 12.9. The molecule has 1 amide bonds. The van der Waals surface area contributed by atoms with Crippen LogP contribution in [-0.4, -0.2) is 39.1 Å². The molecule has 1 aromatic rings. The van der Waals surface area contributed by atoms with E-state index in [1.807, 2.05) is 31.1 Å². The number of likely N-dealkylation sites (N-methyl/N-ethyl adjacent to an activating group) is 1. The van der Waals surface area contributed by atoms with Crippen LogP contribution in [0.4, 0.5) is 5.69 Å². The Kier molecular flexibility index (Phi) is 6.64. The van der Waals surface area contributed by atoms with Crippen LogP contribution in [0.15, 0.2) is 29.8 Å². The fraction of sp³-hybridized carbons (Fsp3) is 0.312. The lowest BCUT2D eigenvalue weighted by atomic mass is 10.1. The number of carbonyl (C=O) groups excluding carboxylic acids is 2. The van der Waals surface area contributed by atoms with Crippen LogP contribution in [0.2, 0.25) is 0 Å². The second kappa shape index (κ2) is 8.47. The number of ether oxygens (including phenoxy) is 1. The molecule has 0 bridgehead atoms. The molecule has 0 saturated heterocycles. The number of hydrogen-bond donors (Lipinski definition) is 1. The molecule has 0 aliphatic heterocycles. The molecule has 0 aromatic heterocycles. The summed E-state index contributed by atoms with van der Waals surface area (Å²) in [6, 6.07) is 9.13. The molecule has 0 fully saturated rings. The second-order valence-corrected chi connectivity index (χ2v) is 4.69. The number of nitriles is 1. The van der Waals surface area contributed by atoms with Crippen molar-refractivity contribution >= 4 is 23.6 Å². The SMILES string of the molecule is CCNC(=O)COC(=O)/C(C#N)=C/c1ccc(N(C)C)cc1. The molecule has 116 valence electrons. The third-order valence-corrected chi connectivity index (χ3v) is 2.77. The largest absolute Gasteiger partial charge is 0.451 e. The zero-order valence-electron chi connectivity index (χ0n) is 12.9. The van der Waals surface area contributed by atoms with Crippen molar-refractivity contribution in [2.45, 2.75) is 6.92 Å². The summed E-state index contributed by atoms with van der Waals surface area (Å²) in [5, 5.41) is 11.5. The molecule has 6 heteroatoms. The van der Waals surface area contributed by atoms with Gasteiger partial charge in [-0.05, 0) is 30.7 Å². The quantitative estimate of drug-likeness (QED) is 0.487. The second-order valence-electron chi connectivity index (χ2n) is 4.69. The van der Waals surface area contributed by atoms with Crippen LogP contribution in [-0.2, 0) is 14.3 Å². The molecular formula is C16H19N3O3. The van der Waals surface area contributed by atoms with Crippen molar-refractivity contribution in [2.24, 2.45) is 0 Å². The molecule has 0 atom stereocenters. The number of amides is 1. The number of hydrogen-bond acceptors (Lipinski definition) is 5. The summed E-state index contributed by atoms with van der Waals surface area (Å²) < 4.78 is 4.79. The van der Waals surface area contributed by atoms with Crippen LogP contribution in [0.25, 0.3) is 6.08 Å². The fourth-order valence-corrected chi connectivity index (χ4v) is 1.63. The van der Waals surface area contributed by atoms with Gasteiger partial charge in [-0.2, -0.15) is 5.26 Å². The van der Waals surface area contributed by atoms with Gasteiger partial charge in [-0.15, -0.1) is 0 Å². The number of esters is 1. The van der Waals surface area contributed by atoms with E-state index < -0.39 is 18.5 Å². The molecule has 0 spiro atoms. The van der Waals surface area contributed by atoms with Crippen molar-refractivity contribution in [3.63, 3.8) is 0 Å². The van der Waals surface area contributed by atoms with Gasteiger partial charge in [0.15, 0.2) is 6.61 Å². The smallest absolute Gasteiger partial charge is 0.349 e. The van der Waals surface area contributed by atoms with Gasteiger partial charge < -0.3 is 15.0 Å². The summed E-state index contributed by atoms with van der Waals surface area (Å²) in [5.74, 6) is -1.21. The van der Waals surface area contributed by atoms with E-state index in [0.29, 0.717) is 12.1 Å². The summed E-state index contributed by atoms with van der Waals surface area (Å²) in [4.78, 5) is 24.9. The van der Waals surface area contributed by atoms with Crippen molar-refractivity contribution in [1.82, 2.24) is 5.32 Å². The minimum atomic E-state index is -0.814. The Hall–Kier alpha value is -2.81. The van der Waals surface area contributed by atoms with E-state index in [0.717, 1.165) is 5.69 Å². The van der Waals surface area contributed by atoms with E-state index in [9.17, 15) is 9.59 Å². The highest BCUT2D eigenvalue weighted by Crippen LogP contribution is 2.14. The highest BCUT2D eigenvalue weighted by molar-refractivity contribution is 5.98. The summed E-state index contributed by atoms with van der Waals surface area (Å²) in [6.45, 7) is 1.82. The van der Waals surface area contributed by atoms with Crippen molar-refractivity contribution in [3.8, 4) is 6.07 Å². The van der Waals surface area contributed by atoms with Crippen LogP contribution >= 0.6 is 0 Å². The van der Waals surface area contributed by atoms with Crippen LogP contribution in [0.5, 0.6) is 0 Å². The Labute approximate surface area is 130 Å². The van der Waals surface area contributed by atoms with E-state index in [1.54, 1.807) is 25.1 Å². The van der Waals surface area contributed by atoms with Gasteiger partial charge in [0, 0.05) is 26.3 Å². The van der Waals surface area contributed by atoms with E-state index in [-0.39, 0.29) is 5.57 Å². The molecule has 1 aromatic carbocycles. The molecule has 0 unspecified atom stereocenters. The van der Waals surface area contributed by atoms with Crippen molar-refractivity contribution in [3.05, 3.63) is 35.4 Å². The first-order valence-corrected chi connectivity index (χ1v) is 6.81. The van der Waals surface area contributed by atoms with E-state index in [4.69, 9.17) is 10.00 Å². The minimum absolute atomic E-state index is 0.151. The first-order valence-electron chi connectivity index (χ1n) is 6.81. The first kappa shape index (κ1) is 17.2. The Bertz CT molecular complexity index is 598. The summed E-state index contributed by atoms with van der Waals surface area (Å²) >= 11 is 0. The maximum atomic E-state index is 11.8. The Morgan fingerprint density at radius 3 is 2.45 bits per heavy atom. The lowest BCUT2D eigenvalue weighted by Gasteiger charge is -2.11. The van der Waals surface area contributed by atoms with Crippen LogP contribution in [0, 0.1) is 11.3 Å². The predicted octanol–water partition coefficient (Wildman–Crippen LogP) is 1.34. The van der Waals surface area contributed by atoms with E-state index in [2.05, 4.69) is 5.32 Å². The van der Waals surface area contributed by atoms with Crippen LogP contribution in [0.1, 0.15) is 12.5 Å². The molecule has 0 heterocycles. The highest BCUT2D eigenvalue weighted by atomic mass is 16.5. The minimum Gasteiger partial charge on any atom is -0.451 e. The number of rotatable bonds is 6. The summed E-state index contributed by atoms with van der Waals surface area (Å²) in [7, 11) is 3.84. The van der Waals surface area contributed by atoms with Gasteiger partial charge in [-0.3, -0.25) is 4.79 Å². The number of carbonyl (C=O) groups is 2. The van der Waals surface area contributed by atoms with E-state index in [1.165, 1.54) is 6.08 Å². The zero-order chi connectivity index (χ0) is 16.5. The molecule has 0 aliphatic carbocycles. The first-order chi connectivity index (χ1) is 10.5. The third kappa shape index (κ3) is 5.29. The number of nitrogens with one attached hydrogen (secondary N) is 1. The van der Waals surface area contributed by atoms with Crippen LogP contribution < -0.4 is 10.2 Å². The monoisotopic (exact) mass is 301 g/mol. The molecule has 1 rings (SSSR count). The van der Waals surface area contributed by atoms with Gasteiger partial charge in [-0.25, -0.2) is 4.79 Å². The Balaban J connectivity index is 2.75. The summed E-state index contributed by atoms with van der Waals surface area (Å²) in [6.07, 6.45) is 1.43. The normalized spacial score (nSPS) is 10.5. The van der Waals surface area contributed by atoms with Crippen molar-refractivity contribution < 1.29 is 14.3 Å². The van der Waals surface area contributed by atoms with Gasteiger partial charge in [0.1, 0.15) is 11.6 Å². The molecule has 6 nitrogen and oxygen atoms in total. The highest BCUT2D eigenvalue weighted by Gasteiger charge is 2.12. The van der Waals surface area contributed by atoms with Crippen LogP contribution in [0.3, 0.4) is 0 Å². The average Bonchev–Trinajstić information content (AvgIpc) is 2.51. The van der Waals surface area contributed by atoms with Gasteiger partial charge in [-0.1, -0.05) is 12.1 Å². The maximum absolute atomic E-state index is 11.8. The Morgan fingerprint density at radius 1 is 1.32 bits per heavy atom. The molecule has 22 heavy (non-hydrogen) atoms. The predicted molar refractivity (Wildman–Crippen MR) is 84.0 cm³/mol. The molecule has 0 aliphatic rings. The Morgan fingerprint density at radius 2 is 1.95 bits per heavy atom. The van der Waals surface area contributed by atoms with Gasteiger partial charge in [0.25, 0.3) is 5.91 Å². The fourth-order valence-electron chi connectivity index (χ4n) is 1.63. The summed E-state index contributed by atoms with van der Waals surface area (Å²) in [5.41, 5.74) is 1.56. The molecule has 1 N–H and O–H groups in total. The topological polar surface area (TPSA) is 82.4 Å².